The van der Waals surface area contributed by atoms with Crippen LogP contribution in [-0.4, -0.2) is 14.9 Å². The first-order chi connectivity index (χ1) is 11.4. The van der Waals surface area contributed by atoms with E-state index in [1.54, 1.807) is 3.58 Å². The maximum absolute atomic E-state index is 6.40. The highest BCUT2D eigenvalue weighted by atomic mass is 127. The molecule has 0 aromatic heterocycles. The molecule has 0 amide bonds. The lowest BCUT2D eigenvalue weighted by Gasteiger charge is -2.49. The van der Waals surface area contributed by atoms with Crippen molar-refractivity contribution >= 4 is 30.9 Å². The van der Waals surface area contributed by atoms with Gasteiger partial charge in [-0.25, -0.2) is 0 Å². The Bertz CT molecular complexity index is 507. The molecule has 1 nitrogen and oxygen atoms in total. The molecule has 0 aromatic carbocycles. The molecule has 146 valence electrons. The molecule has 0 N–H and O–H groups in total. The van der Waals surface area contributed by atoms with Crippen molar-refractivity contribution in [3.8, 4) is 0 Å². The lowest BCUT2D eigenvalue weighted by molar-refractivity contribution is 0.0546. The van der Waals surface area contributed by atoms with Gasteiger partial charge < -0.3 is 4.43 Å². The average molecular weight is 477 g/mol. The quantitative estimate of drug-likeness (QED) is 0.215. The zero-order chi connectivity index (χ0) is 19.1. The predicted octanol–water partition coefficient (Wildman–Crippen LogP) is 7.96. The van der Waals surface area contributed by atoms with E-state index in [0.717, 1.165) is 18.4 Å². The molecule has 0 bridgehead atoms. The van der Waals surface area contributed by atoms with Crippen molar-refractivity contribution in [2.45, 2.75) is 98.2 Å². The molecule has 0 unspecified atom stereocenters. The van der Waals surface area contributed by atoms with E-state index < -0.39 is 8.32 Å². The van der Waals surface area contributed by atoms with Gasteiger partial charge in [0.25, 0.3) is 0 Å². The smallest absolute Gasteiger partial charge is 0.191 e. The number of allylic oxidation sites excluding steroid dienone is 2. The lowest BCUT2D eigenvalue weighted by Crippen LogP contribution is -2.42. The zero-order valence-corrected chi connectivity index (χ0v) is 21.1. The van der Waals surface area contributed by atoms with Crippen LogP contribution in [0, 0.1) is 22.7 Å². The van der Waals surface area contributed by atoms with Gasteiger partial charge in [0, 0.05) is 12.0 Å². The van der Waals surface area contributed by atoms with E-state index in [9.17, 15) is 0 Å². The van der Waals surface area contributed by atoms with Gasteiger partial charge in [-0.1, -0.05) is 47.6 Å². The van der Waals surface area contributed by atoms with Crippen molar-refractivity contribution in [3.05, 3.63) is 9.66 Å². The third kappa shape index (κ3) is 4.08. The normalized spacial score (nSPS) is 34.6. The first kappa shape index (κ1) is 21.9. The van der Waals surface area contributed by atoms with Crippen LogP contribution in [0.4, 0.5) is 0 Å². The minimum atomic E-state index is -1.58. The van der Waals surface area contributed by atoms with E-state index in [1.165, 1.54) is 38.5 Å². The Morgan fingerprint density at radius 1 is 1.28 bits per heavy atom. The molecule has 0 aromatic rings. The Balaban J connectivity index is 1.90. The van der Waals surface area contributed by atoms with E-state index in [1.807, 2.05) is 0 Å². The molecule has 2 aliphatic carbocycles. The minimum absolute atomic E-state index is 0.324. The van der Waals surface area contributed by atoms with Crippen LogP contribution in [0.1, 0.15) is 80.1 Å². The molecule has 0 radical (unpaired) electrons. The summed E-state index contributed by atoms with van der Waals surface area (Å²) in [6.07, 6.45) is 10.5. The Kier molecular flexibility index (Phi) is 6.65. The Morgan fingerprint density at radius 2 is 1.92 bits per heavy atom. The molecular weight excluding hydrogens is 435 g/mol. The molecular formula is C22H41IOSi. The molecule has 0 spiro atoms. The topological polar surface area (TPSA) is 9.23 Å². The summed E-state index contributed by atoms with van der Waals surface area (Å²) in [5, 5.41) is 0.324. The van der Waals surface area contributed by atoms with Crippen LogP contribution in [0.3, 0.4) is 0 Å². The monoisotopic (exact) mass is 476 g/mol. The highest BCUT2D eigenvalue weighted by Crippen LogP contribution is 2.66. The number of hydrogen-bond donors (Lipinski definition) is 0. The van der Waals surface area contributed by atoms with Gasteiger partial charge in [0.2, 0.25) is 0 Å². The third-order valence-corrected chi connectivity index (χ3v) is 14.5. The predicted molar refractivity (Wildman–Crippen MR) is 122 cm³/mol. The Morgan fingerprint density at radius 3 is 2.52 bits per heavy atom. The van der Waals surface area contributed by atoms with Gasteiger partial charge in [-0.2, -0.15) is 0 Å². The molecule has 1 fully saturated rings. The highest BCUT2D eigenvalue weighted by Gasteiger charge is 2.57. The van der Waals surface area contributed by atoms with Crippen molar-refractivity contribution in [1.82, 2.24) is 0 Å². The van der Waals surface area contributed by atoms with Gasteiger partial charge in [-0.05, 0) is 100 Å². The van der Waals surface area contributed by atoms with Gasteiger partial charge in [-0.3, -0.25) is 0 Å². The second kappa shape index (κ2) is 7.58. The van der Waals surface area contributed by atoms with Crippen LogP contribution < -0.4 is 0 Å². The summed E-state index contributed by atoms with van der Waals surface area (Å²) < 4.78 is 8.04. The summed E-state index contributed by atoms with van der Waals surface area (Å²) in [4.78, 5) is 0. The molecule has 0 saturated heterocycles. The second-order valence-electron chi connectivity index (χ2n) is 10.7. The summed E-state index contributed by atoms with van der Waals surface area (Å²) in [5.74, 6) is 1.70. The van der Waals surface area contributed by atoms with Crippen LogP contribution in [0.5, 0.6) is 0 Å². The first-order valence-electron chi connectivity index (χ1n) is 10.4. The number of rotatable bonds is 6. The first-order valence-corrected chi connectivity index (χ1v) is 14.3. The summed E-state index contributed by atoms with van der Waals surface area (Å²) >= 11 is 2.63. The fourth-order valence-electron chi connectivity index (χ4n) is 5.10. The average Bonchev–Trinajstić information content (AvgIpc) is 2.76. The van der Waals surface area contributed by atoms with Gasteiger partial charge >= 0.3 is 0 Å². The molecule has 3 heteroatoms. The maximum atomic E-state index is 6.40. The van der Waals surface area contributed by atoms with Crippen molar-refractivity contribution < 1.29 is 4.43 Å². The van der Waals surface area contributed by atoms with E-state index in [-0.39, 0.29) is 0 Å². The van der Waals surface area contributed by atoms with Gasteiger partial charge in [0.1, 0.15) is 0 Å². The van der Waals surface area contributed by atoms with Gasteiger partial charge in [0.15, 0.2) is 8.32 Å². The number of fused-ring (bicyclic) bond motifs is 1. The Labute approximate surface area is 172 Å². The molecule has 2 rings (SSSR count). The van der Waals surface area contributed by atoms with Crippen LogP contribution in [0.25, 0.3) is 0 Å². The van der Waals surface area contributed by atoms with E-state index in [0.29, 0.717) is 15.9 Å². The maximum Gasteiger partial charge on any atom is 0.191 e. The molecule has 0 heterocycles. The summed E-state index contributed by atoms with van der Waals surface area (Å²) in [6.45, 7) is 20.3. The number of hydrogen-bond acceptors (Lipinski definition) is 1. The van der Waals surface area contributed by atoms with Gasteiger partial charge in [0.05, 0.1) is 0 Å². The van der Waals surface area contributed by atoms with Crippen LogP contribution in [0.2, 0.25) is 18.1 Å². The van der Waals surface area contributed by atoms with E-state index in [4.69, 9.17) is 4.43 Å². The minimum Gasteiger partial charge on any atom is -0.417 e. The lowest BCUT2D eigenvalue weighted by atomic mass is 9.57. The van der Waals surface area contributed by atoms with E-state index in [2.05, 4.69) is 83.3 Å². The Hall–Kier alpha value is 0.647. The third-order valence-electron chi connectivity index (χ3n) is 8.31. The van der Waals surface area contributed by atoms with Crippen molar-refractivity contribution in [2.75, 3.05) is 6.61 Å². The highest BCUT2D eigenvalue weighted by molar-refractivity contribution is 14.1. The van der Waals surface area contributed by atoms with Crippen molar-refractivity contribution in [2.24, 2.45) is 22.7 Å². The van der Waals surface area contributed by atoms with Crippen molar-refractivity contribution in [1.29, 1.82) is 0 Å². The molecule has 1 saturated carbocycles. The molecule has 0 aliphatic heterocycles. The van der Waals surface area contributed by atoms with E-state index >= 15 is 0 Å². The standard InChI is InChI=1S/C22H41IOSi/c1-17(11-10-16-24-25(7,8)20(2,3)4)18-13-15-22(6)19(23)12-9-14-21(18,22)5/h12,17-18H,9-11,13-16H2,1-8H3/t17-,18-,21-,22+/m1/s1. The summed E-state index contributed by atoms with van der Waals surface area (Å²) in [6, 6.07) is 0. The van der Waals surface area contributed by atoms with Crippen LogP contribution >= 0.6 is 22.6 Å². The summed E-state index contributed by atoms with van der Waals surface area (Å²) in [5.41, 5.74) is 0.931. The largest absolute Gasteiger partial charge is 0.417 e. The fourth-order valence-corrected chi connectivity index (χ4v) is 7.38. The van der Waals surface area contributed by atoms with Gasteiger partial charge in [-0.15, -0.1) is 0 Å². The molecule has 4 atom stereocenters. The van der Waals surface area contributed by atoms with Crippen LogP contribution in [-0.2, 0) is 4.43 Å². The van der Waals surface area contributed by atoms with Crippen molar-refractivity contribution in [3.63, 3.8) is 0 Å². The SMILES string of the molecule is C[C@H](CCCO[Si](C)(C)C(C)(C)C)[C@H]1CC[C@@]2(C)C(I)=CCC[C@]12C. The molecule has 2 aliphatic rings. The molecule has 25 heavy (non-hydrogen) atoms. The second-order valence-corrected chi connectivity index (χ2v) is 16.7. The zero-order valence-electron chi connectivity index (χ0n) is 18.0. The summed E-state index contributed by atoms with van der Waals surface area (Å²) in [7, 11) is -1.58. The van der Waals surface area contributed by atoms with Crippen LogP contribution in [0.15, 0.2) is 9.66 Å². The fraction of sp³-hybridized carbons (Fsp3) is 0.909. The number of halogens is 1.